The van der Waals surface area contributed by atoms with Crippen molar-refractivity contribution in [2.24, 2.45) is 17.3 Å². The van der Waals surface area contributed by atoms with Crippen LogP contribution in [0.5, 0.6) is 0 Å². The average molecular weight is 248 g/mol. The molecule has 2 saturated carbocycles. The van der Waals surface area contributed by atoms with Gasteiger partial charge in [-0.05, 0) is 32.8 Å². The van der Waals surface area contributed by atoms with E-state index < -0.39 is 0 Å². The van der Waals surface area contributed by atoms with Crippen molar-refractivity contribution in [3.63, 3.8) is 0 Å². The van der Waals surface area contributed by atoms with Gasteiger partial charge in [0.1, 0.15) is 12.2 Å². The molecule has 2 bridgehead atoms. The smallest absolute Gasteiger partial charge is 0.333 e. The zero-order valence-corrected chi connectivity index (χ0v) is 11.2. The second-order valence-corrected chi connectivity index (χ2v) is 6.11. The number of carbonyl (C=O) groups excluding carboxylic acids is 1. The molecule has 0 spiro atoms. The Labute approximate surface area is 108 Å². The van der Waals surface area contributed by atoms with Crippen LogP contribution in [0.1, 0.15) is 33.6 Å². The van der Waals surface area contributed by atoms with Crippen LogP contribution >= 0.6 is 0 Å². The van der Waals surface area contributed by atoms with Crippen LogP contribution in [0.3, 0.4) is 0 Å². The first-order chi connectivity index (χ1) is 8.47. The first-order valence-corrected chi connectivity index (χ1v) is 6.67. The fourth-order valence-corrected chi connectivity index (χ4v) is 4.11. The Balaban J connectivity index is 1.84. The predicted octanol–water partition coefficient (Wildman–Crippen LogP) is 2.82. The Bertz CT molecular complexity index is 451. The lowest BCUT2D eigenvalue weighted by Crippen LogP contribution is -2.38. The largest absolute Gasteiger partial charge is 0.490 e. The number of esters is 1. The molecule has 3 rings (SSSR count). The van der Waals surface area contributed by atoms with Crippen molar-refractivity contribution in [3.8, 4) is 0 Å². The number of hydrogen-bond donors (Lipinski definition) is 0. The van der Waals surface area contributed by atoms with E-state index in [2.05, 4.69) is 19.6 Å². The standard InChI is InChI=1S/C15H20O3/c1-5-11-15(4)7-9-6-10(15)13(17-11)12(9)18-14(16)8(2)3/h5,9-10,12-13H,2,6-7H2,1,3-4H3. The maximum absolute atomic E-state index is 11.7. The van der Waals surface area contributed by atoms with E-state index in [1.165, 1.54) is 0 Å². The van der Waals surface area contributed by atoms with Crippen molar-refractivity contribution in [2.45, 2.75) is 45.8 Å². The van der Waals surface area contributed by atoms with Crippen molar-refractivity contribution in [2.75, 3.05) is 0 Å². The molecule has 5 unspecified atom stereocenters. The van der Waals surface area contributed by atoms with Crippen LogP contribution in [0.2, 0.25) is 0 Å². The van der Waals surface area contributed by atoms with Crippen LogP contribution in [-0.4, -0.2) is 18.2 Å². The number of rotatable bonds is 2. The van der Waals surface area contributed by atoms with Gasteiger partial charge in [-0.2, -0.15) is 0 Å². The lowest BCUT2D eigenvalue weighted by Gasteiger charge is -2.30. The summed E-state index contributed by atoms with van der Waals surface area (Å²) in [7, 11) is 0. The van der Waals surface area contributed by atoms with Crippen LogP contribution < -0.4 is 0 Å². The number of carbonyl (C=O) groups is 1. The van der Waals surface area contributed by atoms with Gasteiger partial charge in [0.2, 0.25) is 0 Å². The van der Waals surface area contributed by atoms with Gasteiger partial charge in [-0.25, -0.2) is 4.79 Å². The molecule has 0 N–H and O–H groups in total. The van der Waals surface area contributed by atoms with Gasteiger partial charge in [-0.3, -0.25) is 0 Å². The van der Waals surface area contributed by atoms with E-state index in [-0.39, 0.29) is 23.6 Å². The number of fused-ring (bicyclic) bond motifs is 1. The molecule has 1 aliphatic heterocycles. The lowest BCUT2D eigenvalue weighted by molar-refractivity contribution is -0.152. The van der Waals surface area contributed by atoms with Crippen LogP contribution in [-0.2, 0) is 14.3 Å². The van der Waals surface area contributed by atoms with Gasteiger partial charge in [0.25, 0.3) is 0 Å². The number of allylic oxidation sites excluding steroid dienone is 2. The molecule has 0 aromatic heterocycles. The van der Waals surface area contributed by atoms with Gasteiger partial charge in [-0.15, -0.1) is 0 Å². The molecule has 3 aliphatic rings. The molecule has 3 heteroatoms. The Morgan fingerprint density at radius 2 is 2.33 bits per heavy atom. The van der Waals surface area contributed by atoms with Crippen molar-refractivity contribution >= 4 is 5.97 Å². The third-order valence-corrected chi connectivity index (χ3v) is 4.93. The zero-order chi connectivity index (χ0) is 13.1. The summed E-state index contributed by atoms with van der Waals surface area (Å²) in [6.07, 6.45) is 4.24. The molecular formula is C15H20O3. The van der Waals surface area contributed by atoms with Gasteiger partial charge >= 0.3 is 5.97 Å². The summed E-state index contributed by atoms with van der Waals surface area (Å²) in [6.45, 7) is 9.63. The summed E-state index contributed by atoms with van der Waals surface area (Å²) >= 11 is 0. The molecule has 0 aromatic rings. The summed E-state index contributed by atoms with van der Waals surface area (Å²) < 4.78 is 11.6. The number of ether oxygens (including phenoxy) is 2. The normalized spacial score (nSPS) is 46.3. The molecule has 1 heterocycles. The molecule has 5 atom stereocenters. The zero-order valence-electron chi connectivity index (χ0n) is 11.2. The molecule has 0 amide bonds. The fourth-order valence-electron chi connectivity index (χ4n) is 4.11. The van der Waals surface area contributed by atoms with E-state index in [1.807, 2.05) is 6.92 Å². The van der Waals surface area contributed by atoms with Crippen LogP contribution in [0.15, 0.2) is 24.0 Å². The quantitative estimate of drug-likeness (QED) is 0.557. The molecule has 1 saturated heterocycles. The van der Waals surface area contributed by atoms with Gasteiger partial charge < -0.3 is 9.47 Å². The summed E-state index contributed by atoms with van der Waals surface area (Å²) in [6, 6.07) is 0. The summed E-state index contributed by atoms with van der Waals surface area (Å²) in [5.74, 6) is 1.77. The number of hydrogen-bond acceptors (Lipinski definition) is 3. The van der Waals surface area contributed by atoms with Gasteiger partial charge in [0, 0.05) is 22.8 Å². The van der Waals surface area contributed by atoms with E-state index >= 15 is 0 Å². The third-order valence-electron chi connectivity index (χ3n) is 4.93. The maximum atomic E-state index is 11.7. The summed E-state index contributed by atoms with van der Waals surface area (Å²) in [4.78, 5) is 11.7. The molecule has 0 radical (unpaired) electrons. The second kappa shape index (κ2) is 3.62. The van der Waals surface area contributed by atoms with E-state index in [4.69, 9.17) is 9.47 Å². The van der Waals surface area contributed by atoms with E-state index in [1.54, 1.807) is 6.92 Å². The second-order valence-electron chi connectivity index (χ2n) is 6.11. The van der Waals surface area contributed by atoms with Crippen LogP contribution in [0.4, 0.5) is 0 Å². The Morgan fingerprint density at radius 3 is 2.94 bits per heavy atom. The Morgan fingerprint density at radius 1 is 1.61 bits per heavy atom. The van der Waals surface area contributed by atoms with E-state index in [0.29, 0.717) is 17.4 Å². The minimum Gasteiger partial charge on any atom is -0.490 e. The third kappa shape index (κ3) is 1.33. The molecule has 3 nitrogen and oxygen atoms in total. The van der Waals surface area contributed by atoms with E-state index in [9.17, 15) is 4.79 Å². The molecule has 2 aliphatic carbocycles. The van der Waals surface area contributed by atoms with Crippen LogP contribution in [0, 0.1) is 17.3 Å². The minimum atomic E-state index is -0.285. The fraction of sp³-hybridized carbons (Fsp3) is 0.667. The minimum absolute atomic E-state index is 0.0586. The summed E-state index contributed by atoms with van der Waals surface area (Å²) in [5, 5.41) is 0. The van der Waals surface area contributed by atoms with Crippen molar-refractivity contribution in [1.82, 2.24) is 0 Å². The van der Waals surface area contributed by atoms with Crippen LogP contribution in [0.25, 0.3) is 0 Å². The topological polar surface area (TPSA) is 35.5 Å². The average Bonchev–Trinajstić information content (AvgIpc) is 2.86. The highest BCUT2D eigenvalue weighted by Crippen LogP contribution is 2.65. The monoisotopic (exact) mass is 248 g/mol. The Kier molecular flexibility index (Phi) is 2.38. The van der Waals surface area contributed by atoms with Crippen molar-refractivity contribution < 1.29 is 14.3 Å². The predicted molar refractivity (Wildman–Crippen MR) is 67.6 cm³/mol. The van der Waals surface area contributed by atoms with Gasteiger partial charge in [-0.1, -0.05) is 13.5 Å². The SMILES string of the molecule is C=C(C)C(=O)OC1C2CC3C1OC(=CC)C3(C)C2. The first kappa shape index (κ1) is 11.8. The molecule has 98 valence electrons. The molecule has 3 fully saturated rings. The Hall–Kier alpha value is -1.25. The molecule has 0 aromatic carbocycles. The lowest BCUT2D eigenvalue weighted by atomic mass is 9.74. The first-order valence-electron chi connectivity index (χ1n) is 6.67. The van der Waals surface area contributed by atoms with Gasteiger partial charge in [0.05, 0.1) is 5.76 Å². The highest BCUT2D eigenvalue weighted by Gasteiger charge is 2.67. The highest BCUT2D eigenvalue weighted by atomic mass is 16.6. The van der Waals surface area contributed by atoms with Crippen molar-refractivity contribution in [1.29, 1.82) is 0 Å². The summed E-state index contributed by atoms with van der Waals surface area (Å²) in [5.41, 5.74) is 0.640. The van der Waals surface area contributed by atoms with Crippen molar-refractivity contribution in [3.05, 3.63) is 24.0 Å². The highest BCUT2D eigenvalue weighted by molar-refractivity contribution is 5.87. The molecular weight excluding hydrogens is 228 g/mol. The van der Waals surface area contributed by atoms with Gasteiger partial charge in [0.15, 0.2) is 0 Å². The molecule has 18 heavy (non-hydrogen) atoms. The maximum Gasteiger partial charge on any atom is 0.333 e. The van der Waals surface area contributed by atoms with E-state index in [0.717, 1.165) is 18.6 Å².